The average molecular weight is 300 g/mol. The quantitative estimate of drug-likeness (QED) is 0.891. The molecular weight excluding hydrogens is 282 g/mol. The number of ether oxygens (including phenoxy) is 3. The van der Waals surface area contributed by atoms with Crippen molar-refractivity contribution in [1.29, 1.82) is 0 Å². The van der Waals surface area contributed by atoms with Gasteiger partial charge < -0.3 is 25.1 Å². The molecule has 1 fully saturated rings. The van der Waals surface area contributed by atoms with Crippen molar-refractivity contribution in [2.45, 2.75) is 18.9 Å². The molecule has 1 saturated heterocycles. The number of benzene rings is 1. The Morgan fingerprint density at radius 1 is 1.40 bits per heavy atom. The van der Waals surface area contributed by atoms with Crippen molar-refractivity contribution in [2.24, 2.45) is 11.1 Å². The molecule has 2 aliphatic rings. The number of halogens is 1. The predicted octanol–water partition coefficient (Wildman–Crippen LogP) is 1.86. The lowest BCUT2D eigenvalue weighted by Crippen LogP contribution is -2.43. The van der Waals surface area contributed by atoms with E-state index in [0.29, 0.717) is 35.2 Å². The molecule has 3 rings (SSSR count). The normalized spacial score (nSPS) is 26.6. The lowest BCUT2D eigenvalue weighted by molar-refractivity contribution is -0.0782. The molecule has 0 radical (unpaired) electrons. The number of nitrogens with two attached hydrogens (primary N) is 1. The van der Waals surface area contributed by atoms with Crippen molar-refractivity contribution in [3.05, 3.63) is 22.7 Å². The number of hydrogen-bond acceptors (Lipinski definition) is 5. The Morgan fingerprint density at radius 3 is 2.95 bits per heavy atom. The van der Waals surface area contributed by atoms with Crippen LogP contribution in [0.1, 0.15) is 24.5 Å². The standard InChI is InChI=1S/C14H18ClNO4/c15-10-4-9(5-11-12(10)20-8-19-11)13(17)14(6-16)2-1-3-18-7-14/h4-5,13,17H,1-3,6-8,16H2. The van der Waals surface area contributed by atoms with Gasteiger partial charge in [0, 0.05) is 18.6 Å². The fourth-order valence-corrected chi connectivity index (χ4v) is 3.13. The molecule has 0 amide bonds. The summed E-state index contributed by atoms with van der Waals surface area (Å²) in [4.78, 5) is 0. The Labute approximate surface area is 122 Å². The van der Waals surface area contributed by atoms with E-state index in [1.807, 2.05) is 0 Å². The van der Waals surface area contributed by atoms with Crippen LogP contribution in [0.15, 0.2) is 12.1 Å². The summed E-state index contributed by atoms with van der Waals surface area (Å²) in [6.07, 6.45) is 0.989. The second-order valence-corrected chi connectivity index (χ2v) is 5.77. The molecule has 2 unspecified atom stereocenters. The molecule has 110 valence electrons. The van der Waals surface area contributed by atoms with Crippen LogP contribution in [0.5, 0.6) is 11.5 Å². The highest BCUT2D eigenvalue weighted by atomic mass is 35.5. The van der Waals surface area contributed by atoms with Crippen LogP contribution in [0.25, 0.3) is 0 Å². The zero-order valence-electron chi connectivity index (χ0n) is 11.1. The third-order valence-corrected chi connectivity index (χ3v) is 4.39. The fraction of sp³-hybridized carbons (Fsp3) is 0.571. The van der Waals surface area contributed by atoms with E-state index < -0.39 is 11.5 Å². The van der Waals surface area contributed by atoms with Crippen LogP contribution in [-0.2, 0) is 4.74 Å². The van der Waals surface area contributed by atoms with Crippen LogP contribution < -0.4 is 15.2 Å². The second kappa shape index (κ2) is 5.41. The van der Waals surface area contributed by atoms with Crippen LogP contribution in [0.3, 0.4) is 0 Å². The summed E-state index contributed by atoms with van der Waals surface area (Å²) in [6.45, 7) is 1.69. The first-order valence-electron chi connectivity index (χ1n) is 6.71. The maximum atomic E-state index is 10.7. The topological polar surface area (TPSA) is 73.9 Å². The van der Waals surface area contributed by atoms with E-state index in [1.165, 1.54) is 0 Å². The van der Waals surface area contributed by atoms with Gasteiger partial charge in [0.25, 0.3) is 0 Å². The van der Waals surface area contributed by atoms with E-state index in [2.05, 4.69) is 0 Å². The molecule has 0 saturated carbocycles. The third-order valence-electron chi connectivity index (χ3n) is 4.10. The first-order valence-corrected chi connectivity index (χ1v) is 7.09. The van der Waals surface area contributed by atoms with E-state index in [0.717, 1.165) is 19.4 Å². The van der Waals surface area contributed by atoms with Crippen LogP contribution in [0, 0.1) is 5.41 Å². The third kappa shape index (κ3) is 2.24. The Hall–Kier alpha value is -1.01. The SMILES string of the molecule is NCC1(C(O)c2cc(Cl)c3c(c2)OCO3)CCCOC1. The number of aliphatic hydroxyl groups is 1. The van der Waals surface area contributed by atoms with Gasteiger partial charge in [0.2, 0.25) is 6.79 Å². The monoisotopic (exact) mass is 299 g/mol. The molecule has 5 nitrogen and oxygen atoms in total. The minimum absolute atomic E-state index is 0.153. The van der Waals surface area contributed by atoms with Gasteiger partial charge in [-0.1, -0.05) is 11.6 Å². The summed E-state index contributed by atoms with van der Waals surface area (Å²) >= 11 is 6.17. The van der Waals surface area contributed by atoms with Gasteiger partial charge in [-0.05, 0) is 30.5 Å². The van der Waals surface area contributed by atoms with E-state index >= 15 is 0 Å². The highest BCUT2D eigenvalue weighted by Crippen LogP contribution is 2.46. The molecule has 6 heteroatoms. The molecule has 1 aromatic rings. The van der Waals surface area contributed by atoms with E-state index in [1.54, 1.807) is 12.1 Å². The van der Waals surface area contributed by atoms with Gasteiger partial charge in [-0.15, -0.1) is 0 Å². The number of rotatable bonds is 3. The van der Waals surface area contributed by atoms with Gasteiger partial charge in [0.05, 0.1) is 17.7 Å². The van der Waals surface area contributed by atoms with Crippen molar-refractivity contribution in [2.75, 3.05) is 26.6 Å². The summed E-state index contributed by atoms with van der Waals surface area (Å²) in [6, 6.07) is 3.48. The number of hydrogen-bond donors (Lipinski definition) is 2. The van der Waals surface area contributed by atoms with E-state index in [-0.39, 0.29) is 6.79 Å². The van der Waals surface area contributed by atoms with Crippen LogP contribution in [0.4, 0.5) is 0 Å². The van der Waals surface area contributed by atoms with Crippen LogP contribution in [0.2, 0.25) is 5.02 Å². The summed E-state index contributed by atoms with van der Waals surface area (Å²) < 4.78 is 16.1. The number of aliphatic hydroxyl groups excluding tert-OH is 1. The average Bonchev–Trinajstić information content (AvgIpc) is 2.96. The fourth-order valence-electron chi connectivity index (χ4n) is 2.86. The molecule has 1 aromatic carbocycles. The second-order valence-electron chi connectivity index (χ2n) is 5.36. The lowest BCUT2D eigenvalue weighted by Gasteiger charge is -2.40. The van der Waals surface area contributed by atoms with Crippen molar-refractivity contribution >= 4 is 11.6 Å². The molecular formula is C14H18ClNO4. The van der Waals surface area contributed by atoms with Gasteiger partial charge in [0.15, 0.2) is 11.5 Å². The summed E-state index contributed by atoms with van der Waals surface area (Å²) in [5.41, 5.74) is 6.13. The van der Waals surface area contributed by atoms with Gasteiger partial charge in [0.1, 0.15) is 0 Å². The van der Waals surface area contributed by atoms with Gasteiger partial charge in [-0.3, -0.25) is 0 Å². The lowest BCUT2D eigenvalue weighted by atomic mass is 9.75. The van der Waals surface area contributed by atoms with Crippen LogP contribution in [-0.4, -0.2) is 31.7 Å². The zero-order valence-corrected chi connectivity index (χ0v) is 11.9. The maximum Gasteiger partial charge on any atom is 0.231 e. The molecule has 0 spiro atoms. The Kier molecular flexibility index (Phi) is 3.77. The minimum atomic E-state index is -0.736. The largest absolute Gasteiger partial charge is 0.454 e. The molecule has 0 aliphatic carbocycles. The maximum absolute atomic E-state index is 10.7. The highest BCUT2D eigenvalue weighted by Gasteiger charge is 2.40. The summed E-state index contributed by atoms with van der Waals surface area (Å²) in [5.74, 6) is 1.10. The van der Waals surface area contributed by atoms with Crippen molar-refractivity contribution in [3.8, 4) is 11.5 Å². The van der Waals surface area contributed by atoms with E-state index in [4.69, 9.17) is 31.5 Å². The molecule has 3 N–H and O–H groups in total. The smallest absolute Gasteiger partial charge is 0.231 e. The molecule has 2 heterocycles. The Bertz CT molecular complexity index is 502. The van der Waals surface area contributed by atoms with Crippen molar-refractivity contribution in [1.82, 2.24) is 0 Å². The van der Waals surface area contributed by atoms with Crippen molar-refractivity contribution in [3.63, 3.8) is 0 Å². The molecule has 0 bridgehead atoms. The highest BCUT2D eigenvalue weighted by molar-refractivity contribution is 6.32. The van der Waals surface area contributed by atoms with Crippen molar-refractivity contribution < 1.29 is 19.3 Å². The molecule has 20 heavy (non-hydrogen) atoms. The predicted molar refractivity (Wildman–Crippen MR) is 74.1 cm³/mol. The zero-order chi connectivity index (χ0) is 14.2. The van der Waals surface area contributed by atoms with Gasteiger partial charge in [-0.2, -0.15) is 0 Å². The number of fused-ring (bicyclic) bond motifs is 1. The molecule has 2 aliphatic heterocycles. The molecule has 2 atom stereocenters. The Balaban J connectivity index is 1.93. The summed E-state index contributed by atoms with van der Waals surface area (Å²) in [7, 11) is 0. The Morgan fingerprint density at radius 2 is 2.25 bits per heavy atom. The van der Waals surface area contributed by atoms with Gasteiger partial charge >= 0.3 is 0 Å². The van der Waals surface area contributed by atoms with Gasteiger partial charge in [-0.25, -0.2) is 0 Å². The minimum Gasteiger partial charge on any atom is -0.454 e. The molecule has 0 aromatic heterocycles. The van der Waals surface area contributed by atoms with E-state index in [9.17, 15) is 5.11 Å². The first-order chi connectivity index (χ1) is 9.66. The van der Waals surface area contributed by atoms with Crippen LogP contribution >= 0.6 is 11.6 Å². The summed E-state index contributed by atoms with van der Waals surface area (Å²) in [5, 5.41) is 11.2. The first kappa shape index (κ1) is 13.9.